The third-order valence-corrected chi connectivity index (χ3v) is 2.50. The van der Waals surface area contributed by atoms with Crippen LogP contribution in [0.5, 0.6) is 11.5 Å². The smallest absolute Gasteiger partial charge is 0.127 e. The molecular weight excluding hydrogens is 212 g/mol. The van der Waals surface area contributed by atoms with Crippen molar-refractivity contribution in [2.75, 3.05) is 5.73 Å². The van der Waals surface area contributed by atoms with Crippen LogP contribution in [0.15, 0.2) is 48.5 Å². The number of nitrogens with two attached hydrogens (primary N) is 2. The summed E-state index contributed by atoms with van der Waals surface area (Å²) in [6.07, 6.45) is 0. The van der Waals surface area contributed by atoms with Gasteiger partial charge < -0.3 is 16.2 Å². The van der Waals surface area contributed by atoms with E-state index in [0.29, 0.717) is 0 Å². The number of ether oxygens (including phenoxy) is 1. The van der Waals surface area contributed by atoms with Crippen LogP contribution < -0.4 is 16.2 Å². The summed E-state index contributed by atoms with van der Waals surface area (Å²) in [4.78, 5) is 0. The molecule has 0 amide bonds. The van der Waals surface area contributed by atoms with Crippen LogP contribution in [0.1, 0.15) is 18.5 Å². The second-order valence-electron chi connectivity index (χ2n) is 4.03. The number of anilines is 1. The average Bonchev–Trinajstić information content (AvgIpc) is 2.32. The van der Waals surface area contributed by atoms with Crippen LogP contribution in [0.2, 0.25) is 0 Å². The fourth-order valence-electron chi connectivity index (χ4n) is 1.53. The van der Waals surface area contributed by atoms with Gasteiger partial charge in [0.25, 0.3) is 0 Å². The zero-order chi connectivity index (χ0) is 12.3. The molecule has 2 rings (SSSR count). The second kappa shape index (κ2) is 4.89. The van der Waals surface area contributed by atoms with Crippen LogP contribution in [0, 0.1) is 0 Å². The fraction of sp³-hybridized carbons (Fsp3) is 0.143. The molecule has 0 aromatic heterocycles. The van der Waals surface area contributed by atoms with Crippen molar-refractivity contribution in [1.29, 1.82) is 0 Å². The average molecular weight is 228 g/mol. The maximum Gasteiger partial charge on any atom is 0.127 e. The molecule has 0 bridgehead atoms. The molecule has 0 saturated carbocycles. The van der Waals surface area contributed by atoms with Crippen LogP contribution in [0.25, 0.3) is 0 Å². The monoisotopic (exact) mass is 228 g/mol. The van der Waals surface area contributed by atoms with Crippen molar-refractivity contribution in [1.82, 2.24) is 0 Å². The van der Waals surface area contributed by atoms with Crippen molar-refractivity contribution >= 4 is 5.69 Å². The standard InChI is InChI=1S/C14H16N2O/c1-10(15)11-3-2-4-14(9-11)17-13-7-5-12(16)6-8-13/h2-10H,15-16H2,1H3. The van der Waals surface area contributed by atoms with E-state index in [4.69, 9.17) is 16.2 Å². The first-order valence-corrected chi connectivity index (χ1v) is 5.54. The van der Waals surface area contributed by atoms with Crippen LogP contribution in [0.3, 0.4) is 0 Å². The van der Waals surface area contributed by atoms with Crippen molar-refractivity contribution in [3.63, 3.8) is 0 Å². The lowest BCUT2D eigenvalue weighted by atomic mass is 10.1. The summed E-state index contributed by atoms with van der Waals surface area (Å²) in [5, 5.41) is 0. The summed E-state index contributed by atoms with van der Waals surface area (Å²) in [7, 11) is 0. The van der Waals surface area contributed by atoms with Gasteiger partial charge in [-0.15, -0.1) is 0 Å². The number of hydrogen-bond acceptors (Lipinski definition) is 3. The minimum atomic E-state index is 0.00460. The van der Waals surface area contributed by atoms with Crippen LogP contribution in [-0.2, 0) is 0 Å². The molecule has 3 heteroatoms. The van der Waals surface area contributed by atoms with Crippen molar-refractivity contribution < 1.29 is 4.74 Å². The first-order chi connectivity index (χ1) is 8.15. The Morgan fingerprint density at radius 1 is 1.00 bits per heavy atom. The van der Waals surface area contributed by atoms with E-state index in [9.17, 15) is 0 Å². The molecule has 17 heavy (non-hydrogen) atoms. The van der Waals surface area contributed by atoms with E-state index >= 15 is 0 Å². The third kappa shape index (κ3) is 2.98. The Morgan fingerprint density at radius 3 is 2.35 bits per heavy atom. The first-order valence-electron chi connectivity index (χ1n) is 5.54. The molecule has 2 aromatic rings. The SMILES string of the molecule is CC(N)c1cccc(Oc2ccc(N)cc2)c1. The lowest BCUT2D eigenvalue weighted by Crippen LogP contribution is -2.04. The Labute approximate surface area is 101 Å². The van der Waals surface area contributed by atoms with E-state index in [1.807, 2.05) is 55.5 Å². The third-order valence-electron chi connectivity index (χ3n) is 2.50. The van der Waals surface area contributed by atoms with Crippen LogP contribution >= 0.6 is 0 Å². The fourth-order valence-corrected chi connectivity index (χ4v) is 1.53. The largest absolute Gasteiger partial charge is 0.457 e. The Balaban J connectivity index is 2.18. The molecular formula is C14H16N2O. The molecule has 4 N–H and O–H groups in total. The maximum absolute atomic E-state index is 5.82. The maximum atomic E-state index is 5.82. The van der Waals surface area contributed by atoms with E-state index in [2.05, 4.69) is 0 Å². The molecule has 0 saturated heterocycles. The van der Waals surface area contributed by atoms with Gasteiger partial charge in [-0.25, -0.2) is 0 Å². The summed E-state index contributed by atoms with van der Waals surface area (Å²) < 4.78 is 5.71. The quantitative estimate of drug-likeness (QED) is 0.793. The van der Waals surface area contributed by atoms with Gasteiger partial charge in [0.05, 0.1) is 0 Å². The minimum absolute atomic E-state index is 0.00460. The summed E-state index contributed by atoms with van der Waals surface area (Å²) in [6.45, 7) is 1.95. The molecule has 0 heterocycles. The van der Waals surface area contributed by atoms with Gasteiger partial charge in [-0.3, -0.25) is 0 Å². The molecule has 2 aromatic carbocycles. The lowest BCUT2D eigenvalue weighted by Gasteiger charge is -2.09. The van der Waals surface area contributed by atoms with Gasteiger partial charge in [-0.05, 0) is 48.9 Å². The van der Waals surface area contributed by atoms with Gasteiger partial charge >= 0.3 is 0 Å². The van der Waals surface area contributed by atoms with Crippen LogP contribution in [-0.4, -0.2) is 0 Å². The molecule has 0 aliphatic heterocycles. The molecule has 0 spiro atoms. The van der Waals surface area contributed by atoms with E-state index in [-0.39, 0.29) is 6.04 Å². The Kier molecular flexibility index (Phi) is 3.30. The van der Waals surface area contributed by atoms with Gasteiger partial charge in [0, 0.05) is 11.7 Å². The van der Waals surface area contributed by atoms with E-state index < -0.39 is 0 Å². The number of hydrogen-bond donors (Lipinski definition) is 2. The Morgan fingerprint density at radius 2 is 1.71 bits per heavy atom. The molecule has 3 nitrogen and oxygen atoms in total. The molecule has 0 aliphatic carbocycles. The second-order valence-corrected chi connectivity index (χ2v) is 4.03. The number of rotatable bonds is 3. The van der Waals surface area contributed by atoms with E-state index in [1.54, 1.807) is 0 Å². The number of nitrogen functional groups attached to an aromatic ring is 1. The topological polar surface area (TPSA) is 61.3 Å². The summed E-state index contributed by atoms with van der Waals surface area (Å²) in [6, 6.07) is 15.1. The minimum Gasteiger partial charge on any atom is -0.457 e. The zero-order valence-electron chi connectivity index (χ0n) is 9.76. The number of benzene rings is 2. The van der Waals surface area contributed by atoms with Gasteiger partial charge in [-0.1, -0.05) is 12.1 Å². The highest BCUT2D eigenvalue weighted by Crippen LogP contribution is 2.24. The van der Waals surface area contributed by atoms with Gasteiger partial charge in [0.2, 0.25) is 0 Å². The highest BCUT2D eigenvalue weighted by atomic mass is 16.5. The normalized spacial score (nSPS) is 12.1. The molecule has 0 fully saturated rings. The summed E-state index contributed by atoms with van der Waals surface area (Å²) >= 11 is 0. The van der Waals surface area contributed by atoms with Gasteiger partial charge in [0.1, 0.15) is 11.5 Å². The van der Waals surface area contributed by atoms with Crippen molar-refractivity contribution in [3.05, 3.63) is 54.1 Å². The van der Waals surface area contributed by atoms with Gasteiger partial charge in [0.15, 0.2) is 0 Å². The predicted molar refractivity (Wildman–Crippen MR) is 70.0 cm³/mol. The molecule has 0 aliphatic rings. The molecule has 88 valence electrons. The van der Waals surface area contributed by atoms with Crippen molar-refractivity contribution in [3.8, 4) is 11.5 Å². The zero-order valence-corrected chi connectivity index (χ0v) is 9.76. The Bertz CT molecular complexity index is 492. The lowest BCUT2D eigenvalue weighted by molar-refractivity contribution is 0.481. The summed E-state index contributed by atoms with van der Waals surface area (Å²) in [5.41, 5.74) is 13.2. The van der Waals surface area contributed by atoms with Gasteiger partial charge in [-0.2, -0.15) is 0 Å². The molecule has 1 atom stereocenters. The van der Waals surface area contributed by atoms with Crippen LogP contribution in [0.4, 0.5) is 5.69 Å². The first kappa shape index (κ1) is 11.5. The highest BCUT2D eigenvalue weighted by Gasteiger charge is 2.02. The summed E-state index contributed by atoms with van der Waals surface area (Å²) in [5.74, 6) is 1.55. The Hall–Kier alpha value is -2.00. The highest BCUT2D eigenvalue weighted by molar-refractivity contribution is 5.43. The molecule has 0 radical (unpaired) electrons. The van der Waals surface area contributed by atoms with E-state index in [0.717, 1.165) is 22.7 Å². The van der Waals surface area contributed by atoms with Crippen molar-refractivity contribution in [2.45, 2.75) is 13.0 Å². The van der Waals surface area contributed by atoms with E-state index in [1.165, 1.54) is 0 Å². The van der Waals surface area contributed by atoms with Crippen molar-refractivity contribution in [2.24, 2.45) is 5.73 Å². The predicted octanol–water partition coefficient (Wildman–Crippen LogP) is 3.08. The molecule has 1 unspecified atom stereocenters.